The highest BCUT2D eigenvalue weighted by atomic mass is 35.5. The molecule has 0 spiro atoms. The molecule has 1 aromatic rings. The van der Waals surface area contributed by atoms with E-state index in [2.05, 4.69) is 5.32 Å². The van der Waals surface area contributed by atoms with Crippen LogP contribution in [-0.4, -0.2) is 57.4 Å². The van der Waals surface area contributed by atoms with Crippen LogP contribution in [0.25, 0.3) is 0 Å². The summed E-state index contributed by atoms with van der Waals surface area (Å²) in [6, 6.07) is 6.78. The molecule has 1 amide bonds. The van der Waals surface area contributed by atoms with Gasteiger partial charge in [-0.3, -0.25) is 4.79 Å². The quantitative estimate of drug-likeness (QED) is 0.736. The van der Waals surface area contributed by atoms with Crippen LogP contribution in [0.1, 0.15) is 12.0 Å². The molecule has 0 bridgehead atoms. The lowest BCUT2D eigenvalue weighted by atomic mass is 10.1. The van der Waals surface area contributed by atoms with Crippen LogP contribution in [0, 0.1) is 0 Å². The average molecular weight is 361 g/mol. The molecule has 8 heteroatoms. The van der Waals surface area contributed by atoms with Crippen LogP contribution >= 0.6 is 11.6 Å². The number of rotatable bonds is 7. The Morgan fingerprint density at radius 3 is 2.48 bits per heavy atom. The zero-order chi connectivity index (χ0) is 16.7. The number of amides is 1. The summed E-state index contributed by atoms with van der Waals surface area (Å²) in [5, 5.41) is 2.76. The Morgan fingerprint density at radius 2 is 1.87 bits per heavy atom. The first-order valence-corrected chi connectivity index (χ1v) is 9.51. The standard InChI is InChI=1S/C15H21ClN2O4S/c16-7-5-15(19)17-8-6-13-1-3-14(4-2-13)23(20,21)18-9-11-22-12-10-18/h1-4H,5-12H2,(H,17,19). The average Bonchev–Trinajstić information content (AvgIpc) is 2.56. The minimum Gasteiger partial charge on any atom is -0.379 e. The van der Waals surface area contributed by atoms with E-state index in [1.807, 2.05) is 0 Å². The molecule has 0 saturated carbocycles. The lowest BCUT2D eigenvalue weighted by molar-refractivity contribution is -0.120. The maximum atomic E-state index is 12.5. The Balaban J connectivity index is 1.92. The van der Waals surface area contributed by atoms with Crippen LogP contribution in [0.15, 0.2) is 29.2 Å². The van der Waals surface area contributed by atoms with Crippen molar-refractivity contribution >= 4 is 27.5 Å². The Labute approximate surface area is 141 Å². The van der Waals surface area contributed by atoms with E-state index in [0.29, 0.717) is 51.6 Å². The van der Waals surface area contributed by atoms with E-state index >= 15 is 0 Å². The van der Waals surface area contributed by atoms with Gasteiger partial charge in [0.2, 0.25) is 15.9 Å². The molecule has 1 aliphatic rings. The fourth-order valence-corrected chi connectivity index (χ4v) is 3.86. The van der Waals surface area contributed by atoms with E-state index in [4.69, 9.17) is 16.3 Å². The van der Waals surface area contributed by atoms with Crippen LogP contribution in [0.3, 0.4) is 0 Å². The van der Waals surface area contributed by atoms with Crippen molar-refractivity contribution in [3.05, 3.63) is 29.8 Å². The van der Waals surface area contributed by atoms with Gasteiger partial charge in [-0.1, -0.05) is 12.1 Å². The van der Waals surface area contributed by atoms with Crippen LogP contribution < -0.4 is 5.32 Å². The third kappa shape index (κ3) is 5.17. The van der Waals surface area contributed by atoms with Crippen LogP contribution in [0.5, 0.6) is 0 Å². The molecule has 23 heavy (non-hydrogen) atoms. The number of carbonyl (C=O) groups excluding carboxylic acids is 1. The fourth-order valence-electron chi connectivity index (χ4n) is 2.28. The van der Waals surface area contributed by atoms with Gasteiger partial charge in [-0.2, -0.15) is 4.31 Å². The van der Waals surface area contributed by atoms with Crippen LogP contribution in [0.4, 0.5) is 0 Å². The molecule has 0 aromatic heterocycles. The monoisotopic (exact) mass is 360 g/mol. The van der Waals surface area contributed by atoms with E-state index in [9.17, 15) is 13.2 Å². The number of hydrogen-bond acceptors (Lipinski definition) is 4. The Kier molecular flexibility index (Phi) is 6.83. The highest BCUT2D eigenvalue weighted by molar-refractivity contribution is 7.89. The maximum Gasteiger partial charge on any atom is 0.243 e. The third-order valence-corrected chi connectivity index (χ3v) is 5.69. The van der Waals surface area contributed by atoms with Crippen molar-refractivity contribution < 1.29 is 17.9 Å². The first-order valence-electron chi connectivity index (χ1n) is 7.53. The predicted molar refractivity (Wildman–Crippen MR) is 88.1 cm³/mol. The smallest absolute Gasteiger partial charge is 0.243 e. The normalized spacial score (nSPS) is 16.2. The number of alkyl halides is 1. The summed E-state index contributed by atoms with van der Waals surface area (Å²) < 4.78 is 31.6. The van der Waals surface area contributed by atoms with Gasteiger partial charge in [0.05, 0.1) is 18.1 Å². The largest absolute Gasteiger partial charge is 0.379 e. The Morgan fingerprint density at radius 1 is 1.22 bits per heavy atom. The second-order valence-electron chi connectivity index (χ2n) is 5.20. The molecule has 1 fully saturated rings. The van der Waals surface area contributed by atoms with Gasteiger partial charge in [0.15, 0.2) is 0 Å². The van der Waals surface area contributed by atoms with E-state index in [0.717, 1.165) is 5.56 Å². The lowest BCUT2D eigenvalue weighted by Gasteiger charge is -2.26. The number of benzene rings is 1. The van der Waals surface area contributed by atoms with Gasteiger partial charge in [0, 0.05) is 31.9 Å². The molecular weight excluding hydrogens is 340 g/mol. The van der Waals surface area contributed by atoms with Gasteiger partial charge < -0.3 is 10.1 Å². The maximum absolute atomic E-state index is 12.5. The summed E-state index contributed by atoms with van der Waals surface area (Å²) in [4.78, 5) is 11.6. The lowest BCUT2D eigenvalue weighted by Crippen LogP contribution is -2.40. The molecule has 1 aliphatic heterocycles. The van der Waals surface area contributed by atoms with Gasteiger partial charge >= 0.3 is 0 Å². The van der Waals surface area contributed by atoms with E-state index in [1.165, 1.54) is 4.31 Å². The molecule has 0 unspecified atom stereocenters. The number of nitrogens with zero attached hydrogens (tertiary/aromatic N) is 1. The molecule has 2 rings (SSSR count). The number of hydrogen-bond donors (Lipinski definition) is 1. The first-order chi connectivity index (χ1) is 11.0. The van der Waals surface area contributed by atoms with Gasteiger partial charge in [-0.05, 0) is 24.1 Å². The van der Waals surface area contributed by atoms with Gasteiger partial charge in [0.25, 0.3) is 0 Å². The summed E-state index contributed by atoms with van der Waals surface area (Å²) in [7, 11) is -3.45. The summed E-state index contributed by atoms with van der Waals surface area (Å²) in [5.41, 5.74) is 0.970. The van der Waals surface area contributed by atoms with Crippen molar-refractivity contribution in [1.82, 2.24) is 9.62 Å². The molecule has 6 nitrogen and oxygen atoms in total. The van der Waals surface area contributed by atoms with Crippen molar-refractivity contribution in [3.63, 3.8) is 0 Å². The Hall–Kier alpha value is -1.15. The fraction of sp³-hybridized carbons (Fsp3) is 0.533. The van der Waals surface area contributed by atoms with Crippen molar-refractivity contribution in [2.45, 2.75) is 17.7 Å². The van der Waals surface area contributed by atoms with Crippen molar-refractivity contribution in [3.8, 4) is 0 Å². The topological polar surface area (TPSA) is 75.7 Å². The van der Waals surface area contributed by atoms with E-state index in [1.54, 1.807) is 24.3 Å². The molecule has 1 heterocycles. The number of morpholine rings is 1. The molecule has 1 saturated heterocycles. The summed E-state index contributed by atoms with van der Waals surface area (Å²) >= 11 is 5.49. The SMILES string of the molecule is O=C(CCCl)NCCc1ccc(S(=O)(=O)N2CCOCC2)cc1. The minimum absolute atomic E-state index is 0.0773. The van der Waals surface area contributed by atoms with Crippen LogP contribution in [-0.2, 0) is 26.0 Å². The molecule has 0 aliphatic carbocycles. The van der Waals surface area contributed by atoms with Gasteiger partial charge in [-0.25, -0.2) is 8.42 Å². The molecule has 0 radical (unpaired) electrons. The number of carbonyl (C=O) groups is 1. The van der Waals surface area contributed by atoms with Crippen LogP contribution in [0.2, 0.25) is 0 Å². The minimum atomic E-state index is -3.45. The molecule has 1 aromatic carbocycles. The predicted octanol–water partition coefficient (Wildman–Crippen LogP) is 0.995. The second kappa shape index (κ2) is 8.63. The number of sulfonamides is 1. The molecule has 128 valence electrons. The zero-order valence-corrected chi connectivity index (χ0v) is 14.4. The van der Waals surface area contributed by atoms with E-state index < -0.39 is 10.0 Å². The molecular formula is C15H21ClN2O4S. The van der Waals surface area contributed by atoms with Crippen molar-refractivity contribution in [2.75, 3.05) is 38.7 Å². The summed E-state index contributed by atoms with van der Waals surface area (Å²) in [5.74, 6) is 0.228. The zero-order valence-electron chi connectivity index (χ0n) is 12.8. The van der Waals surface area contributed by atoms with Gasteiger partial charge in [0.1, 0.15) is 0 Å². The first kappa shape index (κ1) is 18.2. The molecule has 1 N–H and O–H groups in total. The van der Waals surface area contributed by atoms with Crippen molar-refractivity contribution in [2.24, 2.45) is 0 Å². The number of nitrogens with one attached hydrogen (secondary N) is 1. The van der Waals surface area contributed by atoms with Crippen molar-refractivity contribution in [1.29, 1.82) is 0 Å². The Bertz CT molecular complexity index is 613. The number of ether oxygens (including phenoxy) is 1. The highest BCUT2D eigenvalue weighted by Gasteiger charge is 2.25. The summed E-state index contributed by atoms with van der Waals surface area (Å²) in [6.45, 7) is 2.14. The second-order valence-corrected chi connectivity index (χ2v) is 7.52. The van der Waals surface area contributed by atoms with E-state index in [-0.39, 0.29) is 10.8 Å². The van der Waals surface area contributed by atoms with Gasteiger partial charge in [-0.15, -0.1) is 11.6 Å². The highest BCUT2D eigenvalue weighted by Crippen LogP contribution is 2.17. The molecule has 0 atom stereocenters. The number of halogens is 1. The third-order valence-electron chi connectivity index (χ3n) is 3.59. The summed E-state index contributed by atoms with van der Waals surface area (Å²) in [6.07, 6.45) is 0.949.